The largest absolute Gasteiger partial charge is 0.367 e. The molecule has 1 aromatic carbocycles. The number of rotatable bonds is 3. The molecule has 3 aromatic heterocycles. The van der Waals surface area contributed by atoms with E-state index in [-0.39, 0.29) is 10.8 Å². The summed E-state index contributed by atoms with van der Waals surface area (Å²) >= 11 is 6.14. The van der Waals surface area contributed by atoms with Crippen molar-refractivity contribution in [3.63, 3.8) is 0 Å². The number of benzene rings is 1. The number of nitrogens with zero attached hydrogens (tertiary/aromatic N) is 5. The number of carbonyl (C=O) groups is 1. The monoisotopic (exact) mass is 467 g/mol. The third-order valence-electron chi connectivity index (χ3n) is 5.68. The van der Waals surface area contributed by atoms with Crippen LogP contribution in [0.3, 0.4) is 0 Å². The first kappa shape index (κ1) is 21.5. The molecule has 1 aliphatic heterocycles. The molecule has 0 spiro atoms. The topological polar surface area (TPSA) is 87.5 Å². The van der Waals surface area contributed by atoms with Crippen molar-refractivity contribution in [2.24, 2.45) is 0 Å². The molecule has 0 aliphatic carbocycles. The van der Waals surface area contributed by atoms with Crippen LogP contribution in [0.15, 0.2) is 36.8 Å². The molecule has 4 aromatic rings. The smallest absolute Gasteiger partial charge is 0.257 e. The first-order chi connectivity index (χ1) is 15.8. The Labute approximate surface area is 194 Å². The van der Waals surface area contributed by atoms with Gasteiger partial charge in [0.25, 0.3) is 5.91 Å². The van der Waals surface area contributed by atoms with Crippen molar-refractivity contribution in [3.05, 3.63) is 59.0 Å². The minimum Gasteiger partial charge on any atom is -0.367 e. The number of imidazole rings is 1. The zero-order chi connectivity index (χ0) is 23.3. The Bertz CT molecular complexity index is 1380. The number of hydrogen-bond donors (Lipinski definition) is 2. The molecule has 8 nitrogen and oxygen atoms in total. The maximum Gasteiger partial charge on any atom is 0.257 e. The minimum absolute atomic E-state index is 0.192. The van der Waals surface area contributed by atoms with Gasteiger partial charge in [-0.25, -0.2) is 19.3 Å². The fraction of sp³-hybridized carbons (Fsp3) is 0.304. The Morgan fingerprint density at radius 3 is 2.70 bits per heavy atom. The molecular formula is C23H23ClFN7O. The third-order valence-corrected chi connectivity index (χ3v) is 5.86. The number of piperazine rings is 1. The van der Waals surface area contributed by atoms with Crippen LogP contribution in [-0.4, -0.2) is 50.4 Å². The van der Waals surface area contributed by atoms with E-state index < -0.39 is 11.7 Å². The van der Waals surface area contributed by atoms with Crippen LogP contribution >= 0.6 is 11.6 Å². The zero-order valence-electron chi connectivity index (χ0n) is 18.4. The predicted molar refractivity (Wildman–Crippen MR) is 127 cm³/mol. The highest BCUT2D eigenvalue weighted by atomic mass is 35.5. The number of amides is 1. The Hall–Kier alpha value is -3.30. The Morgan fingerprint density at radius 2 is 1.94 bits per heavy atom. The summed E-state index contributed by atoms with van der Waals surface area (Å²) in [4.78, 5) is 28.5. The van der Waals surface area contributed by atoms with E-state index >= 15 is 0 Å². The lowest BCUT2D eigenvalue weighted by Gasteiger charge is -2.38. The van der Waals surface area contributed by atoms with Gasteiger partial charge >= 0.3 is 0 Å². The van der Waals surface area contributed by atoms with Crippen molar-refractivity contribution in [2.75, 3.05) is 23.3 Å². The molecule has 1 fully saturated rings. The second-order valence-corrected chi connectivity index (χ2v) is 8.93. The standard InChI is InChI=1S/C23H23ClFN7O/c1-12-8-31(9-13(2)27-12)18-5-4-16(20-21(18)26-7-19(24)30-20)23(33)29-15-6-17(25)22-28-14(3)10-32(22)11-15/h4-7,10-13,27H,8-9H2,1-3H3,(H,29,33)/t12-,13+. The normalized spacial score (nSPS) is 18.8. The average Bonchev–Trinajstić information content (AvgIpc) is 3.12. The summed E-state index contributed by atoms with van der Waals surface area (Å²) in [5.41, 5.74) is 3.39. The molecule has 4 heterocycles. The van der Waals surface area contributed by atoms with Crippen LogP contribution in [0.1, 0.15) is 29.9 Å². The summed E-state index contributed by atoms with van der Waals surface area (Å²) in [6, 6.07) is 5.46. The number of halogens is 2. The second-order valence-electron chi connectivity index (χ2n) is 8.54. The van der Waals surface area contributed by atoms with Crippen LogP contribution in [0.2, 0.25) is 5.15 Å². The van der Waals surface area contributed by atoms with Crippen LogP contribution in [0.4, 0.5) is 15.8 Å². The van der Waals surface area contributed by atoms with E-state index in [9.17, 15) is 9.18 Å². The van der Waals surface area contributed by atoms with Crippen molar-refractivity contribution in [3.8, 4) is 0 Å². The van der Waals surface area contributed by atoms with Crippen molar-refractivity contribution >= 4 is 45.6 Å². The van der Waals surface area contributed by atoms with Crippen molar-refractivity contribution in [1.29, 1.82) is 0 Å². The molecule has 1 amide bonds. The van der Waals surface area contributed by atoms with E-state index in [1.54, 1.807) is 29.8 Å². The second kappa shape index (κ2) is 8.24. The van der Waals surface area contributed by atoms with E-state index in [2.05, 4.69) is 44.3 Å². The number of aromatic nitrogens is 4. The zero-order valence-corrected chi connectivity index (χ0v) is 19.2. The molecular weight excluding hydrogens is 445 g/mol. The SMILES string of the molecule is Cc1cn2cc(NC(=O)c3ccc(N4C[C@@H](C)N[C@@H](C)C4)c4ncc(Cl)nc34)cc(F)c2n1. The van der Waals surface area contributed by atoms with Gasteiger partial charge in [-0.3, -0.25) is 4.79 Å². The predicted octanol–water partition coefficient (Wildman–Crippen LogP) is 3.82. The van der Waals surface area contributed by atoms with E-state index in [1.807, 2.05) is 6.07 Å². The van der Waals surface area contributed by atoms with Gasteiger partial charge in [0.2, 0.25) is 0 Å². The Balaban J connectivity index is 1.53. The molecule has 0 unspecified atom stereocenters. The summed E-state index contributed by atoms with van der Waals surface area (Å²) in [7, 11) is 0. The summed E-state index contributed by atoms with van der Waals surface area (Å²) in [5.74, 6) is -0.952. The summed E-state index contributed by atoms with van der Waals surface area (Å²) in [6.07, 6.45) is 4.79. The van der Waals surface area contributed by atoms with Crippen LogP contribution in [-0.2, 0) is 0 Å². The van der Waals surface area contributed by atoms with Crippen LogP contribution < -0.4 is 15.5 Å². The molecule has 1 saturated heterocycles. The van der Waals surface area contributed by atoms with Gasteiger partial charge in [0, 0.05) is 43.6 Å². The Kier molecular flexibility index (Phi) is 5.38. The van der Waals surface area contributed by atoms with Gasteiger partial charge in [0.05, 0.1) is 28.8 Å². The highest BCUT2D eigenvalue weighted by Gasteiger charge is 2.25. The van der Waals surface area contributed by atoms with Gasteiger partial charge in [-0.2, -0.15) is 0 Å². The molecule has 170 valence electrons. The lowest BCUT2D eigenvalue weighted by atomic mass is 10.1. The van der Waals surface area contributed by atoms with Gasteiger partial charge in [-0.05, 0) is 32.9 Å². The molecule has 0 radical (unpaired) electrons. The first-order valence-corrected chi connectivity index (χ1v) is 11.1. The highest BCUT2D eigenvalue weighted by Crippen LogP contribution is 2.30. The number of pyridine rings is 1. The highest BCUT2D eigenvalue weighted by molar-refractivity contribution is 6.29. The van der Waals surface area contributed by atoms with E-state index in [0.29, 0.717) is 40.1 Å². The Morgan fingerprint density at radius 1 is 1.18 bits per heavy atom. The number of aryl methyl sites for hydroxylation is 1. The van der Waals surface area contributed by atoms with Gasteiger partial charge in [-0.15, -0.1) is 0 Å². The quantitative estimate of drug-likeness (QED) is 0.476. The van der Waals surface area contributed by atoms with E-state index in [4.69, 9.17) is 11.6 Å². The summed E-state index contributed by atoms with van der Waals surface area (Å²) in [6.45, 7) is 7.65. The maximum absolute atomic E-state index is 14.5. The van der Waals surface area contributed by atoms with Gasteiger partial charge in [-0.1, -0.05) is 11.6 Å². The molecule has 5 rings (SSSR count). The fourth-order valence-electron chi connectivity index (χ4n) is 4.47. The molecule has 2 N–H and O–H groups in total. The van der Waals surface area contributed by atoms with Crippen molar-refractivity contribution in [1.82, 2.24) is 24.7 Å². The van der Waals surface area contributed by atoms with Crippen LogP contribution in [0.5, 0.6) is 0 Å². The van der Waals surface area contributed by atoms with E-state index in [0.717, 1.165) is 18.8 Å². The first-order valence-electron chi connectivity index (χ1n) is 10.7. The third kappa shape index (κ3) is 4.09. The maximum atomic E-state index is 14.5. The molecule has 10 heteroatoms. The number of nitrogens with one attached hydrogen (secondary N) is 2. The number of carbonyl (C=O) groups excluding carboxylic acids is 1. The van der Waals surface area contributed by atoms with Crippen LogP contribution in [0, 0.1) is 12.7 Å². The lowest BCUT2D eigenvalue weighted by molar-refractivity contribution is 0.102. The fourth-order valence-corrected chi connectivity index (χ4v) is 4.60. The molecule has 0 bridgehead atoms. The molecule has 33 heavy (non-hydrogen) atoms. The number of anilines is 2. The van der Waals surface area contributed by atoms with Crippen molar-refractivity contribution < 1.29 is 9.18 Å². The summed E-state index contributed by atoms with van der Waals surface area (Å²) < 4.78 is 16.0. The number of hydrogen-bond acceptors (Lipinski definition) is 6. The summed E-state index contributed by atoms with van der Waals surface area (Å²) in [5, 5.41) is 6.47. The van der Waals surface area contributed by atoms with Gasteiger partial charge < -0.3 is 19.9 Å². The van der Waals surface area contributed by atoms with Crippen molar-refractivity contribution in [2.45, 2.75) is 32.9 Å². The minimum atomic E-state index is -0.522. The molecule has 1 aliphatic rings. The lowest BCUT2D eigenvalue weighted by Crippen LogP contribution is -2.54. The van der Waals surface area contributed by atoms with E-state index in [1.165, 1.54) is 12.3 Å². The molecule has 2 atom stereocenters. The average molecular weight is 468 g/mol. The van der Waals surface area contributed by atoms with Gasteiger partial charge in [0.15, 0.2) is 11.5 Å². The van der Waals surface area contributed by atoms with Gasteiger partial charge in [0.1, 0.15) is 16.2 Å². The van der Waals surface area contributed by atoms with Crippen LogP contribution in [0.25, 0.3) is 16.7 Å². The molecule has 0 saturated carbocycles. The number of fused-ring (bicyclic) bond motifs is 2.